The van der Waals surface area contributed by atoms with Gasteiger partial charge in [-0.05, 0) is 46.3 Å². The molecule has 0 aliphatic heterocycles. The monoisotopic (exact) mass is 416 g/mol. The van der Waals surface area contributed by atoms with Gasteiger partial charge in [0.25, 0.3) is 5.91 Å². The highest BCUT2D eigenvalue weighted by atomic mass is 79.9. The number of benzene rings is 1. The number of amides is 1. The zero-order valence-corrected chi connectivity index (χ0v) is 15.9. The van der Waals surface area contributed by atoms with Gasteiger partial charge in [-0.3, -0.25) is 9.69 Å². The number of carbonyl (C=O) groups is 1. The molecule has 0 unspecified atom stereocenters. The van der Waals surface area contributed by atoms with Crippen molar-refractivity contribution < 1.29 is 18.7 Å². The zero-order chi connectivity index (χ0) is 18.7. The molecule has 0 N–H and O–H groups in total. The van der Waals surface area contributed by atoms with Crippen LogP contribution in [0.4, 0.5) is 5.82 Å². The van der Waals surface area contributed by atoms with Crippen LogP contribution in [-0.4, -0.2) is 25.1 Å². The van der Waals surface area contributed by atoms with Crippen molar-refractivity contribution in [1.82, 2.24) is 4.98 Å². The van der Waals surface area contributed by atoms with Crippen molar-refractivity contribution in [3.8, 4) is 11.5 Å². The molecule has 2 heterocycles. The number of hydrogen-bond donors (Lipinski definition) is 0. The third-order valence-electron chi connectivity index (χ3n) is 3.90. The van der Waals surface area contributed by atoms with Crippen LogP contribution in [0.2, 0.25) is 0 Å². The second kappa shape index (κ2) is 7.61. The zero-order valence-electron chi connectivity index (χ0n) is 14.4. The Balaban J connectivity index is 2.11. The molecule has 2 aromatic heterocycles. The van der Waals surface area contributed by atoms with Gasteiger partial charge in [0.1, 0.15) is 16.2 Å². The van der Waals surface area contributed by atoms with Gasteiger partial charge in [0.15, 0.2) is 11.3 Å². The Labute approximate surface area is 159 Å². The topological polar surface area (TPSA) is 64.8 Å². The maximum atomic E-state index is 12.5. The minimum Gasteiger partial charge on any atom is -0.496 e. The summed E-state index contributed by atoms with van der Waals surface area (Å²) in [5.41, 5.74) is 1.35. The normalized spacial score (nSPS) is 10.6. The molecule has 0 radical (unpaired) electrons. The number of ether oxygens (including phenoxy) is 2. The fourth-order valence-corrected chi connectivity index (χ4v) is 3.09. The van der Waals surface area contributed by atoms with E-state index in [0.717, 1.165) is 10.9 Å². The van der Waals surface area contributed by atoms with Gasteiger partial charge in [0.05, 0.1) is 32.4 Å². The Kier molecular flexibility index (Phi) is 5.27. The van der Waals surface area contributed by atoms with Crippen molar-refractivity contribution in [2.45, 2.75) is 6.54 Å². The number of rotatable bonds is 6. The molecule has 0 saturated carbocycles. The van der Waals surface area contributed by atoms with Crippen molar-refractivity contribution in [2.75, 3.05) is 19.1 Å². The fraction of sp³-hybridized carbons (Fsp3) is 0.158. The molecular weight excluding hydrogens is 400 g/mol. The van der Waals surface area contributed by atoms with Crippen LogP contribution in [-0.2, 0) is 11.3 Å². The molecule has 0 bridgehead atoms. The van der Waals surface area contributed by atoms with Gasteiger partial charge in [-0.2, -0.15) is 0 Å². The first-order valence-electron chi connectivity index (χ1n) is 7.76. The Hall–Kier alpha value is -2.80. The number of halogens is 1. The molecule has 3 aromatic rings. The Morgan fingerprint density at radius 1 is 1.35 bits per heavy atom. The smallest absolute Gasteiger partial charge is 0.251 e. The average molecular weight is 417 g/mol. The van der Waals surface area contributed by atoms with E-state index < -0.39 is 0 Å². The van der Waals surface area contributed by atoms with Gasteiger partial charge >= 0.3 is 0 Å². The lowest BCUT2D eigenvalue weighted by molar-refractivity contribution is -0.114. The third kappa shape index (κ3) is 3.30. The second-order valence-electron chi connectivity index (χ2n) is 5.38. The molecule has 7 heteroatoms. The molecule has 26 heavy (non-hydrogen) atoms. The van der Waals surface area contributed by atoms with E-state index in [-0.39, 0.29) is 12.5 Å². The summed E-state index contributed by atoms with van der Waals surface area (Å²) in [5, 5.41) is 0.773. The quantitative estimate of drug-likeness (QED) is 0.442. The molecule has 0 atom stereocenters. The first-order chi connectivity index (χ1) is 12.6. The molecule has 0 fully saturated rings. The first-order valence-corrected chi connectivity index (χ1v) is 8.56. The number of pyridine rings is 1. The summed E-state index contributed by atoms with van der Waals surface area (Å²) in [6.45, 7) is 3.82. The predicted molar refractivity (Wildman–Crippen MR) is 103 cm³/mol. The van der Waals surface area contributed by atoms with Gasteiger partial charge < -0.3 is 13.9 Å². The van der Waals surface area contributed by atoms with Gasteiger partial charge in [-0.25, -0.2) is 4.98 Å². The van der Waals surface area contributed by atoms with Crippen LogP contribution in [0.3, 0.4) is 0 Å². The number of methoxy groups -OCH3 is 2. The highest BCUT2D eigenvalue weighted by Gasteiger charge is 2.21. The highest BCUT2D eigenvalue weighted by Crippen LogP contribution is 2.38. The first kappa shape index (κ1) is 18.0. The number of hydrogen-bond acceptors (Lipinski definition) is 5. The Morgan fingerprint density at radius 3 is 2.81 bits per heavy atom. The van der Waals surface area contributed by atoms with Crippen molar-refractivity contribution in [3.05, 3.63) is 59.4 Å². The maximum Gasteiger partial charge on any atom is 0.251 e. The largest absolute Gasteiger partial charge is 0.496 e. The Morgan fingerprint density at radius 2 is 2.15 bits per heavy atom. The predicted octanol–water partition coefficient (Wildman–Crippen LogP) is 4.33. The molecule has 0 aliphatic carbocycles. The lowest BCUT2D eigenvalue weighted by Crippen LogP contribution is -2.29. The standard InChI is InChI=1S/C19H17BrN2O4/c1-4-17(23)22(16-7-5-6-15(20)21-16)11-12-10-14(24-2)19-13(8-9-26-19)18(12)25-3/h4-10H,1,11H2,2-3H3. The van der Waals surface area contributed by atoms with Crippen molar-refractivity contribution >= 4 is 38.6 Å². The summed E-state index contributed by atoms with van der Waals surface area (Å²) in [6.07, 6.45) is 2.82. The number of furan rings is 1. The van der Waals surface area contributed by atoms with E-state index in [9.17, 15) is 4.79 Å². The SMILES string of the molecule is C=CC(=O)N(Cc1cc(OC)c2occc2c1OC)c1cccc(Br)n1. The van der Waals surface area contributed by atoms with E-state index in [1.807, 2.05) is 6.07 Å². The summed E-state index contributed by atoms with van der Waals surface area (Å²) < 4.78 is 17.1. The average Bonchev–Trinajstić information content (AvgIpc) is 3.14. The fourth-order valence-electron chi connectivity index (χ4n) is 2.75. The molecule has 6 nitrogen and oxygen atoms in total. The van der Waals surface area contributed by atoms with Crippen LogP contribution in [0.1, 0.15) is 5.56 Å². The molecule has 134 valence electrons. The molecule has 1 aromatic carbocycles. The molecule has 0 saturated heterocycles. The number of fused-ring (bicyclic) bond motifs is 1. The summed E-state index contributed by atoms with van der Waals surface area (Å²) >= 11 is 3.33. The minimum absolute atomic E-state index is 0.231. The third-order valence-corrected chi connectivity index (χ3v) is 4.34. The summed E-state index contributed by atoms with van der Waals surface area (Å²) in [5.74, 6) is 1.40. The molecule has 3 rings (SSSR count). The molecule has 0 spiro atoms. The van der Waals surface area contributed by atoms with Gasteiger partial charge in [-0.1, -0.05) is 12.6 Å². The lowest BCUT2D eigenvalue weighted by Gasteiger charge is -2.22. The minimum atomic E-state index is -0.274. The summed E-state index contributed by atoms with van der Waals surface area (Å²) in [4.78, 5) is 18.3. The van der Waals surface area contributed by atoms with Crippen molar-refractivity contribution in [1.29, 1.82) is 0 Å². The summed E-state index contributed by atoms with van der Waals surface area (Å²) in [6, 6.07) is 8.96. The van der Waals surface area contributed by atoms with Gasteiger partial charge in [0, 0.05) is 5.56 Å². The van der Waals surface area contributed by atoms with E-state index in [1.54, 1.807) is 44.7 Å². The highest BCUT2D eigenvalue weighted by molar-refractivity contribution is 9.10. The van der Waals surface area contributed by atoms with Crippen LogP contribution in [0.25, 0.3) is 11.0 Å². The van der Waals surface area contributed by atoms with E-state index in [2.05, 4.69) is 27.5 Å². The maximum absolute atomic E-state index is 12.5. The van der Waals surface area contributed by atoms with E-state index in [4.69, 9.17) is 13.9 Å². The molecule has 0 aliphatic rings. The van der Waals surface area contributed by atoms with Gasteiger partial charge in [-0.15, -0.1) is 0 Å². The van der Waals surface area contributed by atoms with Crippen molar-refractivity contribution in [3.63, 3.8) is 0 Å². The summed E-state index contributed by atoms with van der Waals surface area (Å²) in [7, 11) is 3.14. The van der Waals surface area contributed by atoms with Crippen LogP contribution in [0.15, 0.2) is 58.3 Å². The molecular formula is C19H17BrN2O4. The second-order valence-corrected chi connectivity index (χ2v) is 6.19. The van der Waals surface area contributed by atoms with E-state index >= 15 is 0 Å². The number of carbonyl (C=O) groups excluding carboxylic acids is 1. The van der Waals surface area contributed by atoms with E-state index in [0.29, 0.717) is 27.5 Å². The van der Waals surface area contributed by atoms with Crippen LogP contribution < -0.4 is 14.4 Å². The number of nitrogens with zero attached hydrogens (tertiary/aromatic N) is 2. The van der Waals surface area contributed by atoms with Crippen LogP contribution >= 0.6 is 15.9 Å². The van der Waals surface area contributed by atoms with Crippen LogP contribution in [0, 0.1) is 0 Å². The Bertz CT molecular complexity index is 967. The number of aromatic nitrogens is 1. The van der Waals surface area contributed by atoms with Crippen molar-refractivity contribution in [2.24, 2.45) is 0 Å². The number of anilines is 1. The molecule has 1 amide bonds. The van der Waals surface area contributed by atoms with Gasteiger partial charge in [0.2, 0.25) is 0 Å². The van der Waals surface area contributed by atoms with E-state index in [1.165, 1.54) is 11.0 Å². The lowest BCUT2D eigenvalue weighted by atomic mass is 10.1. The van der Waals surface area contributed by atoms with Crippen LogP contribution in [0.5, 0.6) is 11.5 Å².